The average molecular weight is 319 g/mol. The van der Waals surface area contributed by atoms with Crippen LogP contribution in [0.1, 0.15) is 42.9 Å². The van der Waals surface area contributed by atoms with Crippen molar-refractivity contribution in [2.45, 2.75) is 38.5 Å². The Morgan fingerprint density at radius 2 is 2.05 bits per heavy atom. The van der Waals surface area contributed by atoms with Crippen molar-refractivity contribution in [1.82, 2.24) is 5.32 Å². The van der Waals surface area contributed by atoms with Gasteiger partial charge in [0.1, 0.15) is 0 Å². The SMILES string of the molecule is CC(CC(O)c1cccs1)NC(C)c1ccc2c(c1)OCO2. The molecule has 3 unspecified atom stereocenters. The average Bonchev–Trinajstić information content (AvgIpc) is 3.17. The van der Waals surface area contributed by atoms with Crippen molar-refractivity contribution >= 4 is 11.3 Å². The maximum Gasteiger partial charge on any atom is 0.231 e. The summed E-state index contributed by atoms with van der Waals surface area (Å²) in [5.74, 6) is 1.61. The van der Waals surface area contributed by atoms with Crippen LogP contribution >= 0.6 is 11.3 Å². The molecular formula is C17H21NO3S. The highest BCUT2D eigenvalue weighted by Crippen LogP contribution is 2.34. The summed E-state index contributed by atoms with van der Waals surface area (Å²) >= 11 is 1.59. The van der Waals surface area contributed by atoms with Gasteiger partial charge in [-0.05, 0) is 49.4 Å². The van der Waals surface area contributed by atoms with Gasteiger partial charge in [-0.15, -0.1) is 11.3 Å². The van der Waals surface area contributed by atoms with Gasteiger partial charge in [-0.3, -0.25) is 0 Å². The standard InChI is InChI=1S/C17H21NO3S/c1-11(8-14(19)17-4-3-7-22-17)18-12(2)13-5-6-15-16(9-13)21-10-20-15/h3-7,9,11-12,14,18-19H,8,10H2,1-2H3. The first-order valence-corrected chi connectivity index (χ1v) is 8.38. The Kier molecular flexibility index (Phi) is 4.66. The van der Waals surface area contributed by atoms with Crippen molar-refractivity contribution in [3.63, 3.8) is 0 Å². The third-order valence-electron chi connectivity index (χ3n) is 3.88. The zero-order chi connectivity index (χ0) is 15.5. The first-order chi connectivity index (χ1) is 10.6. The zero-order valence-corrected chi connectivity index (χ0v) is 13.6. The smallest absolute Gasteiger partial charge is 0.231 e. The molecule has 1 aromatic heterocycles. The van der Waals surface area contributed by atoms with Gasteiger partial charge in [-0.2, -0.15) is 0 Å². The molecule has 0 aliphatic carbocycles. The maximum atomic E-state index is 10.2. The Bertz CT molecular complexity index is 614. The van der Waals surface area contributed by atoms with Crippen molar-refractivity contribution in [2.75, 3.05) is 6.79 Å². The number of benzene rings is 1. The van der Waals surface area contributed by atoms with Crippen LogP contribution < -0.4 is 14.8 Å². The highest BCUT2D eigenvalue weighted by molar-refractivity contribution is 7.10. The van der Waals surface area contributed by atoms with Gasteiger partial charge in [-0.1, -0.05) is 12.1 Å². The van der Waals surface area contributed by atoms with Crippen LogP contribution in [0.4, 0.5) is 0 Å². The summed E-state index contributed by atoms with van der Waals surface area (Å²) in [6.07, 6.45) is 0.279. The molecule has 3 rings (SSSR count). The molecule has 0 radical (unpaired) electrons. The molecule has 0 amide bonds. The van der Waals surface area contributed by atoms with Crippen molar-refractivity contribution in [3.8, 4) is 11.5 Å². The molecule has 118 valence electrons. The van der Waals surface area contributed by atoms with Crippen molar-refractivity contribution in [2.24, 2.45) is 0 Å². The van der Waals surface area contributed by atoms with E-state index in [-0.39, 0.29) is 12.1 Å². The number of ether oxygens (including phenoxy) is 2. The van der Waals surface area contributed by atoms with E-state index in [9.17, 15) is 5.11 Å². The number of aliphatic hydroxyl groups excluding tert-OH is 1. The quantitative estimate of drug-likeness (QED) is 0.853. The fourth-order valence-corrected chi connectivity index (χ4v) is 3.43. The summed E-state index contributed by atoms with van der Waals surface area (Å²) in [5.41, 5.74) is 1.15. The second-order valence-corrected chi connectivity index (χ2v) is 6.65. The van der Waals surface area contributed by atoms with Crippen LogP contribution in [0.2, 0.25) is 0 Å². The van der Waals surface area contributed by atoms with Gasteiger partial charge < -0.3 is 19.9 Å². The third-order valence-corrected chi connectivity index (χ3v) is 4.85. The summed E-state index contributed by atoms with van der Waals surface area (Å²) < 4.78 is 10.8. The minimum absolute atomic E-state index is 0.181. The third kappa shape index (κ3) is 3.43. The van der Waals surface area contributed by atoms with E-state index in [0.717, 1.165) is 21.9 Å². The van der Waals surface area contributed by atoms with E-state index in [1.165, 1.54) is 0 Å². The van der Waals surface area contributed by atoms with Crippen LogP contribution in [-0.2, 0) is 0 Å². The van der Waals surface area contributed by atoms with Gasteiger partial charge in [0.05, 0.1) is 6.10 Å². The van der Waals surface area contributed by atoms with E-state index >= 15 is 0 Å². The van der Waals surface area contributed by atoms with E-state index in [1.54, 1.807) is 11.3 Å². The lowest BCUT2D eigenvalue weighted by Crippen LogP contribution is -2.30. The Balaban J connectivity index is 1.58. The number of rotatable bonds is 6. The summed E-state index contributed by atoms with van der Waals surface area (Å²) in [4.78, 5) is 1.02. The molecule has 0 saturated carbocycles. The van der Waals surface area contributed by atoms with E-state index in [0.29, 0.717) is 13.2 Å². The second kappa shape index (κ2) is 6.69. The van der Waals surface area contributed by atoms with Gasteiger partial charge >= 0.3 is 0 Å². The van der Waals surface area contributed by atoms with Crippen LogP contribution in [0, 0.1) is 0 Å². The van der Waals surface area contributed by atoms with Gasteiger partial charge in [0, 0.05) is 17.0 Å². The largest absolute Gasteiger partial charge is 0.454 e. The van der Waals surface area contributed by atoms with E-state index in [1.807, 2.05) is 35.7 Å². The minimum Gasteiger partial charge on any atom is -0.454 e. The summed E-state index contributed by atoms with van der Waals surface area (Å²) in [6, 6.07) is 10.3. The number of hydrogen-bond acceptors (Lipinski definition) is 5. The predicted octanol–water partition coefficient (Wildman–Crippen LogP) is 3.64. The molecule has 4 nitrogen and oxygen atoms in total. The molecule has 3 atom stereocenters. The van der Waals surface area contributed by atoms with E-state index < -0.39 is 6.10 Å². The molecule has 2 N–H and O–H groups in total. The van der Waals surface area contributed by atoms with Crippen molar-refractivity contribution in [1.29, 1.82) is 0 Å². The lowest BCUT2D eigenvalue weighted by atomic mass is 10.0. The normalized spacial score (nSPS) is 17.2. The Hall–Kier alpha value is -1.56. The Morgan fingerprint density at radius 1 is 1.23 bits per heavy atom. The first kappa shape index (κ1) is 15.3. The van der Waals surface area contributed by atoms with Gasteiger partial charge in [0.2, 0.25) is 6.79 Å². The lowest BCUT2D eigenvalue weighted by molar-refractivity contribution is 0.155. The number of hydrogen-bond donors (Lipinski definition) is 2. The molecule has 0 spiro atoms. The molecule has 5 heteroatoms. The topological polar surface area (TPSA) is 50.7 Å². The summed E-state index contributed by atoms with van der Waals surface area (Å²) in [7, 11) is 0. The molecule has 0 fully saturated rings. The molecule has 2 heterocycles. The van der Waals surface area contributed by atoms with Crippen LogP contribution in [0.3, 0.4) is 0 Å². The molecule has 2 aromatic rings. The van der Waals surface area contributed by atoms with Crippen LogP contribution in [0.5, 0.6) is 11.5 Å². The van der Waals surface area contributed by atoms with Crippen LogP contribution in [0.25, 0.3) is 0 Å². The Labute approximate surface area is 134 Å². The minimum atomic E-state index is -0.411. The molecule has 1 aliphatic rings. The summed E-state index contributed by atoms with van der Waals surface area (Å²) in [5, 5.41) is 15.7. The van der Waals surface area contributed by atoms with Crippen molar-refractivity contribution < 1.29 is 14.6 Å². The number of nitrogens with one attached hydrogen (secondary N) is 1. The molecule has 1 aromatic carbocycles. The lowest BCUT2D eigenvalue weighted by Gasteiger charge is -2.22. The monoisotopic (exact) mass is 319 g/mol. The van der Waals surface area contributed by atoms with Crippen LogP contribution in [0.15, 0.2) is 35.7 Å². The number of fused-ring (bicyclic) bond motifs is 1. The highest BCUT2D eigenvalue weighted by atomic mass is 32.1. The van der Waals surface area contributed by atoms with Gasteiger partial charge in [-0.25, -0.2) is 0 Å². The second-order valence-electron chi connectivity index (χ2n) is 5.67. The predicted molar refractivity (Wildman–Crippen MR) is 87.5 cm³/mol. The molecule has 22 heavy (non-hydrogen) atoms. The van der Waals surface area contributed by atoms with Crippen LogP contribution in [-0.4, -0.2) is 17.9 Å². The van der Waals surface area contributed by atoms with E-state index in [2.05, 4.69) is 19.2 Å². The number of aliphatic hydroxyl groups is 1. The van der Waals surface area contributed by atoms with Gasteiger partial charge in [0.15, 0.2) is 11.5 Å². The van der Waals surface area contributed by atoms with E-state index in [4.69, 9.17) is 9.47 Å². The summed E-state index contributed by atoms with van der Waals surface area (Å²) in [6.45, 7) is 4.51. The zero-order valence-electron chi connectivity index (χ0n) is 12.8. The fourth-order valence-electron chi connectivity index (χ4n) is 2.71. The maximum absolute atomic E-state index is 10.2. The van der Waals surface area contributed by atoms with Crippen molar-refractivity contribution in [3.05, 3.63) is 46.2 Å². The molecule has 0 bridgehead atoms. The molecular weight excluding hydrogens is 298 g/mol. The first-order valence-electron chi connectivity index (χ1n) is 7.50. The highest BCUT2D eigenvalue weighted by Gasteiger charge is 2.18. The molecule has 0 saturated heterocycles. The number of thiophene rings is 1. The Morgan fingerprint density at radius 3 is 2.82 bits per heavy atom. The fraction of sp³-hybridized carbons (Fsp3) is 0.412. The van der Waals surface area contributed by atoms with Gasteiger partial charge in [0.25, 0.3) is 0 Å². The molecule has 1 aliphatic heterocycles.